The molecule has 6 rings (SSSR count). The Hall–Kier alpha value is -6.67. The SMILES string of the molecule is C.Cc1cc(C(N)=O)cc(C)c1CC(CN1C(=O)c2ccccc2C1=O)NC(=O)OC(C)(C)C.Cc1cc(C(N)=O)cc(C)c1C[C@H](N)CN1C(=O)c2ccccc2C1=O. The number of carbonyl (C=O) groups excluding carboxylic acids is 7. The van der Waals surface area contributed by atoms with Crippen molar-refractivity contribution in [1.82, 2.24) is 15.1 Å². The van der Waals surface area contributed by atoms with E-state index < -0.39 is 47.4 Å². The largest absolute Gasteiger partial charge is 0.444 e. The highest BCUT2D eigenvalue weighted by Crippen LogP contribution is 2.26. The molecule has 0 saturated carbocycles. The van der Waals surface area contributed by atoms with Gasteiger partial charge in [0.25, 0.3) is 23.6 Å². The zero-order chi connectivity index (χ0) is 43.5. The van der Waals surface area contributed by atoms with Crippen LogP contribution in [-0.4, -0.2) is 82.1 Å². The molecule has 0 aromatic heterocycles. The summed E-state index contributed by atoms with van der Waals surface area (Å²) in [5.41, 5.74) is 24.0. The van der Waals surface area contributed by atoms with Crippen molar-refractivity contribution >= 4 is 41.5 Å². The summed E-state index contributed by atoms with van der Waals surface area (Å²) in [6.45, 7) is 12.9. The Balaban J connectivity index is 0.000000267. The maximum atomic E-state index is 12.9. The molecule has 60 heavy (non-hydrogen) atoms. The fraction of sp³-hybridized carbons (Fsp3) is 0.326. The highest BCUT2D eigenvalue weighted by molar-refractivity contribution is 6.22. The molecule has 0 spiro atoms. The first-order valence-electron chi connectivity index (χ1n) is 19.1. The van der Waals surface area contributed by atoms with Gasteiger partial charge in [-0.1, -0.05) is 31.7 Å². The van der Waals surface area contributed by atoms with Crippen molar-refractivity contribution in [1.29, 1.82) is 0 Å². The molecule has 7 N–H and O–H groups in total. The number of carbonyl (C=O) groups is 7. The monoisotopic (exact) mass is 818 g/mol. The summed E-state index contributed by atoms with van der Waals surface area (Å²) in [5, 5.41) is 2.81. The second kappa shape index (κ2) is 18.5. The van der Waals surface area contributed by atoms with Gasteiger partial charge in [0, 0.05) is 23.7 Å². The molecule has 4 aromatic rings. The average molecular weight is 819 g/mol. The molecular formula is C46H54N6O8. The van der Waals surface area contributed by atoms with Crippen LogP contribution in [0.25, 0.3) is 0 Å². The Morgan fingerprint density at radius 2 is 0.950 bits per heavy atom. The van der Waals surface area contributed by atoms with Crippen molar-refractivity contribution in [3.63, 3.8) is 0 Å². The molecule has 0 aliphatic carbocycles. The number of alkyl carbamates (subject to hydrolysis) is 1. The third kappa shape index (κ3) is 10.3. The minimum absolute atomic E-state index is 0. The summed E-state index contributed by atoms with van der Waals surface area (Å²) in [6, 6.07) is 19.2. The van der Waals surface area contributed by atoms with E-state index in [9.17, 15) is 33.6 Å². The minimum Gasteiger partial charge on any atom is -0.444 e. The molecule has 1 unspecified atom stereocenters. The maximum Gasteiger partial charge on any atom is 0.407 e. The van der Waals surface area contributed by atoms with Gasteiger partial charge in [-0.2, -0.15) is 0 Å². The van der Waals surface area contributed by atoms with Crippen LogP contribution in [0.2, 0.25) is 0 Å². The predicted octanol–water partition coefficient (Wildman–Crippen LogP) is 5.34. The van der Waals surface area contributed by atoms with E-state index in [1.165, 1.54) is 4.90 Å². The van der Waals surface area contributed by atoms with Gasteiger partial charge < -0.3 is 27.3 Å². The van der Waals surface area contributed by atoms with Gasteiger partial charge in [0.05, 0.1) is 34.8 Å². The number of rotatable bonds is 11. The zero-order valence-electron chi connectivity index (χ0n) is 34.3. The first-order valence-corrected chi connectivity index (χ1v) is 19.1. The van der Waals surface area contributed by atoms with Crippen LogP contribution in [0.5, 0.6) is 0 Å². The van der Waals surface area contributed by atoms with Crippen LogP contribution in [0.1, 0.15) is 124 Å². The summed E-state index contributed by atoms with van der Waals surface area (Å²) >= 11 is 0. The number of ether oxygens (including phenoxy) is 1. The van der Waals surface area contributed by atoms with Crippen molar-refractivity contribution in [2.45, 2.75) is 86.4 Å². The second-order valence-electron chi connectivity index (χ2n) is 16.0. The average Bonchev–Trinajstić information content (AvgIpc) is 3.53. The fourth-order valence-corrected chi connectivity index (χ4v) is 7.39. The standard InChI is InChI=1S/C25H29N3O5.C20H21N3O3.CH4/c1-14-10-16(21(26)29)11-15(2)20(14)12-17(27-24(32)33-25(3,4)5)13-28-22(30)18-8-6-7-9-19(18)23(28)31;1-11-7-13(18(22)24)8-12(2)17(11)9-14(21)10-23-19(25)15-5-3-4-6-16(15)20(23)26;/h6-11,17H,12-13H2,1-5H3,(H2,26,29)(H,27,32);3-8,14H,9-10,21H2,1-2H3,(H2,22,24);1H4/t;14-;/m.0./s1. The molecule has 14 heteroatoms. The van der Waals surface area contributed by atoms with E-state index in [0.717, 1.165) is 38.3 Å². The second-order valence-corrected chi connectivity index (χ2v) is 16.0. The first-order chi connectivity index (χ1) is 27.7. The zero-order valence-corrected chi connectivity index (χ0v) is 34.3. The molecule has 0 radical (unpaired) electrons. The smallest absolute Gasteiger partial charge is 0.407 e. The summed E-state index contributed by atoms with van der Waals surface area (Å²) in [5.74, 6) is -2.41. The number of aryl methyl sites for hydroxylation is 4. The number of amides is 7. The van der Waals surface area contributed by atoms with Crippen LogP contribution in [0.3, 0.4) is 0 Å². The molecule has 7 amide bonds. The van der Waals surface area contributed by atoms with Gasteiger partial charge in [0.2, 0.25) is 11.8 Å². The number of benzene rings is 4. The lowest BCUT2D eigenvalue weighted by Gasteiger charge is -2.27. The van der Waals surface area contributed by atoms with Gasteiger partial charge in [0.15, 0.2) is 0 Å². The predicted molar refractivity (Wildman–Crippen MR) is 228 cm³/mol. The van der Waals surface area contributed by atoms with Gasteiger partial charge in [-0.05, 0) is 143 Å². The number of fused-ring (bicyclic) bond motifs is 2. The summed E-state index contributed by atoms with van der Waals surface area (Å²) in [6.07, 6.45) is 0.168. The highest BCUT2D eigenvalue weighted by atomic mass is 16.6. The Morgan fingerprint density at radius 3 is 1.28 bits per heavy atom. The molecule has 316 valence electrons. The number of nitrogens with zero attached hydrogens (tertiary/aromatic N) is 2. The fourth-order valence-electron chi connectivity index (χ4n) is 7.39. The maximum absolute atomic E-state index is 12.9. The Kier molecular flexibility index (Phi) is 14.2. The Labute approximate surface area is 350 Å². The molecule has 14 nitrogen and oxygen atoms in total. The molecule has 2 heterocycles. The lowest BCUT2D eigenvalue weighted by Crippen LogP contribution is -2.48. The van der Waals surface area contributed by atoms with Crippen molar-refractivity contribution < 1.29 is 38.3 Å². The lowest BCUT2D eigenvalue weighted by molar-refractivity contribution is 0.0467. The number of nitrogens with two attached hydrogens (primary N) is 3. The topological polar surface area (TPSA) is 225 Å². The highest BCUT2D eigenvalue weighted by Gasteiger charge is 2.38. The number of hydrogen-bond donors (Lipinski definition) is 4. The molecule has 0 fully saturated rings. The van der Waals surface area contributed by atoms with Gasteiger partial charge in [0.1, 0.15) is 5.60 Å². The molecular weight excluding hydrogens is 765 g/mol. The van der Waals surface area contributed by atoms with Crippen LogP contribution in [0.4, 0.5) is 4.79 Å². The van der Waals surface area contributed by atoms with E-state index in [1.807, 2.05) is 27.7 Å². The first kappa shape index (κ1) is 46.0. The minimum atomic E-state index is -0.709. The van der Waals surface area contributed by atoms with E-state index in [0.29, 0.717) is 46.2 Å². The van der Waals surface area contributed by atoms with Crippen LogP contribution in [-0.2, 0) is 17.6 Å². The molecule has 2 aliphatic heterocycles. The third-order valence-electron chi connectivity index (χ3n) is 10.2. The number of nitrogens with one attached hydrogen (secondary N) is 1. The molecule has 0 saturated heterocycles. The molecule has 2 atom stereocenters. The number of hydrogen-bond acceptors (Lipinski definition) is 9. The van der Waals surface area contributed by atoms with Crippen LogP contribution in [0, 0.1) is 27.7 Å². The molecule has 2 aliphatic rings. The quantitative estimate of drug-likeness (QED) is 0.143. The lowest BCUT2D eigenvalue weighted by atomic mass is 9.93. The van der Waals surface area contributed by atoms with Gasteiger partial charge in [-0.25, -0.2) is 4.79 Å². The molecule has 4 aromatic carbocycles. The summed E-state index contributed by atoms with van der Waals surface area (Å²) < 4.78 is 5.40. The van der Waals surface area contributed by atoms with Crippen LogP contribution in [0.15, 0.2) is 72.8 Å². The molecule has 0 bridgehead atoms. The van der Waals surface area contributed by atoms with Crippen molar-refractivity contribution in [3.05, 3.63) is 140 Å². The van der Waals surface area contributed by atoms with Crippen molar-refractivity contribution in [3.8, 4) is 0 Å². The number of imide groups is 2. The van der Waals surface area contributed by atoms with Gasteiger partial charge in [-0.3, -0.25) is 38.6 Å². The summed E-state index contributed by atoms with van der Waals surface area (Å²) in [7, 11) is 0. The van der Waals surface area contributed by atoms with E-state index in [-0.39, 0.29) is 32.3 Å². The van der Waals surface area contributed by atoms with Gasteiger partial charge in [-0.15, -0.1) is 0 Å². The number of primary amides is 2. The van der Waals surface area contributed by atoms with Crippen molar-refractivity contribution in [2.75, 3.05) is 13.1 Å². The van der Waals surface area contributed by atoms with Crippen molar-refractivity contribution in [2.24, 2.45) is 17.2 Å². The van der Waals surface area contributed by atoms with Gasteiger partial charge >= 0.3 is 6.09 Å². The Bertz CT molecular complexity index is 2270. The Morgan fingerprint density at radius 1 is 0.617 bits per heavy atom. The van der Waals surface area contributed by atoms with E-state index in [2.05, 4.69) is 5.32 Å². The van der Waals surface area contributed by atoms with Crippen LogP contribution >= 0.6 is 0 Å². The van der Waals surface area contributed by atoms with E-state index in [1.54, 1.807) is 93.6 Å². The normalized spacial score (nSPS) is 14.1. The summed E-state index contributed by atoms with van der Waals surface area (Å²) in [4.78, 5) is 88.5. The van der Waals surface area contributed by atoms with E-state index in [4.69, 9.17) is 21.9 Å². The van der Waals surface area contributed by atoms with Crippen LogP contribution < -0.4 is 22.5 Å². The van der Waals surface area contributed by atoms with E-state index >= 15 is 0 Å². The third-order valence-corrected chi connectivity index (χ3v) is 10.2.